The standard InChI is InChI=1S/C17H15Cl2F2N3O/c18-11-3-1-4-12(19)15(11)22-17(25)24-9-7-23(8-10-24)16-13(20)5-2-6-14(16)21/h1-6H,7-10H2,(H,22,25). The summed E-state index contributed by atoms with van der Waals surface area (Å²) in [7, 11) is 0. The van der Waals surface area contributed by atoms with Crippen LogP contribution in [0.3, 0.4) is 0 Å². The molecule has 4 nitrogen and oxygen atoms in total. The molecule has 2 amide bonds. The van der Waals surface area contributed by atoms with E-state index in [4.69, 9.17) is 23.2 Å². The van der Waals surface area contributed by atoms with Crippen LogP contribution in [0.4, 0.5) is 25.0 Å². The second kappa shape index (κ2) is 7.45. The highest BCUT2D eigenvalue weighted by Gasteiger charge is 2.25. The molecule has 0 atom stereocenters. The van der Waals surface area contributed by atoms with Crippen LogP contribution in [0.2, 0.25) is 10.0 Å². The van der Waals surface area contributed by atoms with Crippen LogP contribution < -0.4 is 10.2 Å². The summed E-state index contributed by atoms with van der Waals surface area (Å²) in [4.78, 5) is 15.5. The number of rotatable bonds is 2. The van der Waals surface area contributed by atoms with E-state index < -0.39 is 11.6 Å². The lowest BCUT2D eigenvalue weighted by Crippen LogP contribution is -2.50. The number of hydrogen-bond donors (Lipinski definition) is 1. The lowest BCUT2D eigenvalue weighted by atomic mass is 10.2. The van der Waals surface area contributed by atoms with Crippen molar-refractivity contribution in [2.75, 3.05) is 36.4 Å². The number of halogens is 4. The Morgan fingerprint density at radius 2 is 1.44 bits per heavy atom. The van der Waals surface area contributed by atoms with Crippen molar-refractivity contribution in [3.63, 3.8) is 0 Å². The molecule has 1 heterocycles. The van der Waals surface area contributed by atoms with E-state index in [9.17, 15) is 13.6 Å². The summed E-state index contributed by atoms with van der Waals surface area (Å²) in [6.07, 6.45) is 0. The van der Waals surface area contributed by atoms with Gasteiger partial charge in [0.1, 0.15) is 17.3 Å². The largest absolute Gasteiger partial charge is 0.363 e. The number of hydrogen-bond acceptors (Lipinski definition) is 2. The topological polar surface area (TPSA) is 35.6 Å². The lowest BCUT2D eigenvalue weighted by Gasteiger charge is -2.36. The molecular formula is C17H15Cl2F2N3O. The normalized spacial score (nSPS) is 14.6. The maximum absolute atomic E-state index is 13.9. The number of carbonyl (C=O) groups excluding carboxylic acids is 1. The van der Waals surface area contributed by atoms with Crippen molar-refractivity contribution in [2.45, 2.75) is 0 Å². The third-order valence-electron chi connectivity index (χ3n) is 4.02. The number of nitrogens with zero attached hydrogens (tertiary/aromatic N) is 2. The van der Waals surface area contributed by atoms with E-state index >= 15 is 0 Å². The number of nitrogens with one attached hydrogen (secondary N) is 1. The van der Waals surface area contributed by atoms with E-state index in [1.807, 2.05) is 0 Å². The molecule has 2 aromatic carbocycles. The molecule has 1 fully saturated rings. The quantitative estimate of drug-likeness (QED) is 0.817. The summed E-state index contributed by atoms with van der Waals surface area (Å²) in [5.41, 5.74) is 0.287. The molecule has 1 aliphatic heterocycles. The van der Waals surface area contributed by atoms with Gasteiger partial charge in [-0.15, -0.1) is 0 Å². The first kappa shape index (κ1) is 17.8. The maximum Gasteiger partial charge on any atom is 0.322 e. The van der Waals surface area contributed by atoms with Crippen LogP contribution in [-0.4, -0.2) is 37.1 Å². The Morgan fingerprint density at radius 3 is 2.00 bits per heavy atom. The van der Waals surface area contributed by atoms with E-state index in [0.717, 1.165) is 0 Å². The van der Waals surface area contributed by atoms with Crippen molar-refractivity contribution in [3.8, 4) is 0 Å². The molecule has 25 heavy (non-hydrogen) atoms. The van der Waals surface area contributed by atoms with E-state index in [1.165, 1.54) is 18.2 Å². The first-order valence-corrected chi connectivity index (χ1v) is 8.42. The zero-order valence-corrected chi connectivity index (χ0v) is 14.6. The van der Waals surface area contributed by atoms with Gasteiger partial charge in [-0.1, -0.05) is 35.3 Å². The highest BCUT2D eigenvalue weighted by Crippen LogP contribution is 2.30. The molecule has 3 rings (SSSR count). The Hall–Kier alpha value is -2.05. The minimum Gasteiger partial charge on any atom is -0.363 e. The Kier molecular flexibility index (Phi) is 5.30. The van der Waals surface area contributed by atoms with Gasteiger partial charge in [0.15, 0.2) is 0 Å². The van der Waals surface area contributed by atoms with Gasteiger partial charge in [0.25, 0.3) is 0 Å². The molecule has 1 N–H and O–H groups in total. The summed E-state index contributed by atoms with van der Waals surface area (Å²) < 4.78 is 27.7. The van der Waals surface area contributed by atoms with Crippen molar-refractivity contribution in [2.24, 2.45) is 0 Å². The van der Waals surface area contributed by atoms with Crippen molar-refractivity contribution >= 4 is 40.6 Å². The van der Waals surface area contributed by atoms with Crippen LogP contribution in [0.15, 0.2) is 36.4 Å². The molecule has 132 valence electrons. The number of urea groups is 1. The van der Waals surface area contributed by atoms with Crippen LogP contribution in [0.25, 0.3) is 0 Å². The van der Waals surface area contributed by atoms with Gasteiger partial charge < -0.3 is 15.1 Å². The van der Waals surface area contributed by atoms with Crippen LogP contribution in [-0.2, 0) is 0 Å². The number of anilines is 2. The zero-order valence-electron chi connectivity index (χ0n) is 13.1. The number of piperazine rings is 1. The molecular weight excluding hydrogens is 371 g/mol. The molecule has 0 bridgehead atoms. The molecule has 0 spiro atoms. The second-order valence-electron chi connectivity index (χ2n) is 5.57. The van der Waals surface area contributed by atoms with Crippen LogP contribution in [0, 0.1) is 11.6 Å². The molecule has 0 radical (unpaired) electrons. The molecule has 1 aliphatic rings. The summed E-state index contributed by atoms with van der Waals surface area (Å²) in [5.74, 6) is -1.22. The second-order valence-corrected chi connectivity index (χ2v) is 6.39. The third kappa shape index (κ3) is 3.80. The van der Waals surface area contributed by atoms with E-state index in [-0.39, 0.29) is 11.7 Å². The van der Waals surface area contributed by atoms with Crippen LogP contribution in [0.1, 0.15) is 0 Å². The fourth-order valence-electron chi connectivity index (χ4n) is 2.73. The summed E-state index contributed by atoms with van der Waals surface area (Å²) in [6.45, 7) is 1.28. The fraction of sp³-hybridized carbons (Fsp3) is 0.235. The Balaban J connectivity index is 1.65. The molecule has 0 unspecified atom stereocenters. The van der Waals surface area contributed by atoms with Crippen molar-refractivity contribution in [3.05, 3.63) is 58.1 Å². The predicted octanol–water partition coefficient (Wildman–Crippen LogP) is 4.63. The molecule has 8 heteroatoms. The predicted molar refractivity (Wildman–Crippen MR) is 95.6 cm³/mol. The Bertz CT molecular complexity index is 755. The number of carbonyl (C=O) groups is 1. The SMILES string of the molecule is O=C(Nc1c(Cl)cccc1Cl)N1CCN(c2c(F)cccc2F)CC1. The average Bonchev–Trinajstić information content (AvgIpc) is 2.58. The van der Waals surface area contributed by atoms with E-state index in [0.29, 0.717) is 41.9 Å². The Labute approximate surface area is 153 Å². The van der Waals surface area contributed by atoms with Gasteiger partial charge in [-0.3, -0.25) is 0 Å². The molecule has 0 aromatic heterocycles. The minimum atomic E-state index is -0.610. The average molecular weight is 386 g/mol. The highest BCUT2D eigenvalue weighted by molar-refractivity contribution is 6.39. The summed E-state index contributed by atoms with van der Waals surface area (Å²) in [5, 5.41) is 3.36. The molecule has 0 aliphatic carbocycles. The van der Waals surface area contributed by atoms with Gasteiger partial charge in [-0.2, -0.15) is 0 Å². The van der Waals surface area contributed by atoms with Crippen LogP contribution >= 0.6 is 23.2 Å². The van der Waals surface area contributed by atoms with Crippen molar-refractivity contribution in [1.82, 2.24) is 4.90 Å². The number of amides is 2. The molecule has 2 aromatic rings. The monoisotopic (exact) mass is 385 g/mol. The highest BCUT2D eigenvalue weighted by atomic mass is 35.5. The van der Waals surface area contributed by atoms with E-state index in [2.05, 4.69) is 5.32 Å². The van der Waals surface area contributed by atoms with Gasteiger partial charge in [0, 0.05) is 26.2 Å². The lowest BCUT2D eigenvalue weighted by molar-refractivity contribution is 0.208. The first-order chi connectivity index (χ1) is 12.0. The van der Waals surface area contributed by atoms with Gasteiger partial charge >= 0.3 is 6.03 Å². The van der Waals surface area contributed by atoms with Gasteiger partial charge in [0.2, 0.25) is 0 Å². The van der Waals surface area contributed by atoms with Crippen molar-refractivity contribution < 1.29 is 13.6 Å². The van der Waals surface area contributed by atoms with Gasteiger partial charge in [-0.25, -0.2) is 13.6 Å². The Morgan fingerprint density at radius 1 is 0.920 bits per heavy atom. The first-order valence-electron chi connectivity index (χ1n) is 7.66. The smallest absolute Gasteiger partial charge is 0.322 e. The van der Waals surface area contributed by atoms with Gasteiger partial charge in [-0.05, 0) is 24.3 Å². The van der Waals surface area contributed by atoms with Crippen molar-refractivity contribution in [1.29, 1.82) is 0 Å². The summed E-state index contributed by atoms with van der Waals surface area (Å²) >= 11 is 12.1. The zero-order chi connectivity index (χ0) is 18.0. The summed E-state index contributed by atoms with van der Waals surface area (Å²) in [6, 6.07) is 8.34. The van der Waals surface area contributed by atoms with Gasteiger partial charge in [0.05, 0.1) is 15.7 Å². The van der Waals surface area contributed by atoms with E-state index in [1.54, 1.807) is 28.0 Å². The molecule has 1 saturated heterocycles. The minimum absolute atomic E-state index is 0.0586. The number of benzene rings is 2. The molecule has 0 saturated carbocycles. The third-order valence-corrected chi connectivity index (χ3v) is 4.65. The maximum atomic E-state index is 13.9. The van der Waals surface area contributed by atoms with Crippen LogP contribution in [0.5, 0.6) is 0 Å². The fourth-order valence-corrected chi connectivity index (χ4v) is 3.22. The number of para-hydroxylation sites is 2.